The number of carbonyl (C=O) groups excluding carboxylic acids is 2. The molecular weight excluding hydrogens is 593 g/mol. The van der Waals surface area contributed by atoms with Crippen LogP contribution in [0.4, 0.5) is 5.69 Å². The van der Waals surface area contributed by atoms with Gasteiger partial charge in [-0.25, -0.2) is 8.42 Å². The van der Waals surface area contributed by atoms with Gasteiger partial charge in [0.1, 0.15) is 12.6 Å². The Bertz CT molecular complexity index is 1520. The van der Waals surface area contributed by atoms with E-state index in [1.807, 2.05) is 53.7 Å². The van der Waals surface area contributed by atoms with Crippen molar-refractivity contribution >= 4 is 50.7 Å². The number of halogens is 2. The third kappa shape index (κ3) is 8.49. The van der Waals surface area contributed by atoms with E-state index in [-0.39, 0.29) is 23.3 Å². The summed E-state index contributed by atoms with van der Waals surface area (Å²) in [5, 5.41) is 3.67. The van der Waals surface area contributed by atoms with Gasteiger partial charge in [0.15, 0.2) is 0 Å². The third-order valence-corrected chi connectivity index (χ3v) is 9.13. The number of hydrogen-bond acceptors (Lipinski definition) is 4. The van der Waals surface area contributed by atoms with E-state index in [0.29, 0.717) is 21.3 Å². The van der Waals surface area contributed by atoms with Gasteiger partial charge in [0.25, 0.3) is 10.0 Å². The van der Waals surface area contributed by atoms with E-state index in [4.69, 9.17) is 23.2 Å². The first-order valence-electron chi connectivity index (χ1n) is 13.7. The van der Waals surface area contributed by atoms with Gasteiger partial charge in [-0.05, 0) is 88.1 Å². The smallest absolute Gasteiger partial charge is 0.264 e. The van der Waals surface area contributed by atoms with Gasteiger partial charge in [-0.15, -0.1) is 0 Å². The molecule has 0 aliphatic carbocycles. The summed E-state index contributed by atoms with van der Waals surface area (Å²) >= 11 is 12.5. The lowest BCUT2D eigenvalue weighted by atomic mass is 10.0. The van der Waals surface area contributed by atoms with Gasteiger partial charge < -0.3 is 10.2 Å². The average Bonchev–Trinajstić information content (AvgIpc) is 2.90. The van der Waals surface area contributed by atoms with Crippen LogP contribution in [0.5, 0.6) is 0 Å². The monoisotopic (exact) mass is 631 g/mol. The second kappa shape index (κ2) is 13.5. The SMILES string of the molecule is Cc1ccc(S(=O)(=O)N(CC(=O)N(Cc2ccc(Cl)cc2Cl)[C@@H](C)C(=O)NC(C)(C)C)c2ccc(C(C)C)cc2)cc1. The molecule has 226 valence electrons. The van der Waals surface area contributed by atoms with Crippen LogP contribution in [-0.2, 0) is 26.2 Å². The Morgan fingerprint density at radius 3 is 2.02 bits per heavy atom. The maximum Gasteiger partial charge on any atom is 0.264 e. The molecule has 2 amide bonds. The second-order valence-electron chi connectivity index (χ2n) is 11.7. The van der Waals surface area contributed by atoms with Crippen molar-refractivity contribution in [2.24, 2.45) is 0 Å². The molecule has 3 aromatic carbocycles. The summed E-state index contributed by atoms with van der Waals surface area (Å²) in [6.07, 6.45) is 0. The molecule has 0 aliphatic rings. The van der Waals surface area contributed by atoms with Crippen molar-refractivity contribution in [3.05, 3.63) is 93.5 Å². The fourth-order valence-electron chi connectivity index (χ4n) is 4.28. The molecule has 3 rings (SSSR count). The number of benzene rings is 3. The predicted molar refractivity (Wildman–Crippen MR) is 171 cm³/mol. The highest BCUT2D eigenvalue weighted by molar-refractivity contribution is 7.92. The summed E-state index contributed by atoms with van der Waals surface area (Å²) in [6, 6.07) is 17.5. The van der Waals surface area contributed by atoms with Crippen LogP contribution in [0.15, 0.2) is 71.6 Å². The summed E-state index contributed by atoms with van der Waals surface area (Å²) in [5.74, 6) is -0.707. The van der Waals surface area contributed by atoms with E-state index in [1.54, 1.807) is 49.4 Å². The number of rotatable bonds is 10. The molecule has 0 fully saturated rings. The van der Waals surface area contributed by atoms with E-state index in [0.717, 1.165) is 15.4 Å². The Kier molecular flexibility index (Phi) is 10.7. The molecule has 0 spiro atoms. The molecule has 42 heavy (non-hydrogen) atoms. The maximum atomic E-state index is 14.1. The van der Waals surface area contributed by atoms with E-state index in [9.17, 15) is 18.0 Å². The highest BCUT2D eigenvalue weighted by Gasteiger charge is 2.33. The van der Waals surface area contributed by atoms with Crippen LogP contribution in [0.2, 0.25) is 10.0 Å². The van der Waals surface area contributed by atoms with Gasteiger partial charge in [-0.3, -0.25) is 13.9 Å². The first-order valence-corrected chi connectivity index (χ1v) is 15.9. The maximum absolute atomic E-state index is 14.1. The number of hydrogen-bond donors (Lipinski definition) is 1. The molecule has 0 aliphatic heterocycles. The quantitative estimate of drug-likeness (QED) is 0.262. The summed E-state index contributed by atoms with van der Waals surface area (Å²) in [4.78, 5) is 28.7. The molecule has 0 saturated carbocycles. The molecule has 0 bridgehead atoms. The van der Waals surface area contributed by atoms with E-state index < -0.39 is 34.1 Å². The van der Waals surface area contributed by atoms with Crippen molar-refractivity contribution in [3.63, 3.8) is 0 Å². The number of nitrogens with zero attached hydrogens (tertiary/aromatic N) is 2. The van der Waals surface area contributed by atoms with Gasteiger partial charge in [-0.1, -0.05) is 72.9 Å². The van der Waals surface area contributed by atoms with E-state index in [1.165, 1.54) is 17.0 Å². The number of carbonyl (C=O) groups is 2. The van der Waals surface area contributed by atoms with Crippen LogP contribution < -0.4 is 9.62 Å². The summed E-state index contributed by atoms with van der Waals surface area (Å²) in [5.41, 5.74) is 2.30. The van der Waals surface area contributed by atoms with E-state index in [2.05, 4.69) is 5.32 Å². The minimum absolute atomic E-state index is 0.0295. The first kappa shape index (κ1) is 33.4. The Hall–Kier alpha value is -3.07. The highest BCUT2D eigenvalue weighted by Crippen LogP contribution is 2.28. The van der Waals surface area contributed by atoms with Crippen LogP contribution in [0.3, 0.4) is 0 Å². The van der Waals surface area contributed by atoms with Crippen LogP contribution in [0.25, 0.3) is 0 Å². The van der Waals surface area contributed by atoms with Crippen molar-refractivity contribution in [3.8, 4) is 0 Å². The lowest BCUT2D eigenvalue weighted by molar-refractivity contribution is -0.140. The van der Waals surface area contributed by atoms with Crippen LogP contribution >= 0.6 is 23.2 Å². The topological polar surface area (TPSA) is 86.8 Å². The molecule has 0 radical (unpaired) electrons. The molecular formula is C32H39Cl2N3O4S. The summed E-state index contributed by atoms with van der Waals surface area (Å²) < 4.78 is 29.1. The van der Waals surface area contributed by atoms with Crippen molar-refractivity contribution in [1.82, 2.24) is 10.2 Å². The van der Waals surface area contributed by atoms with Gasteiger partial charge in [-0.2, -0.15) is 0 Å². The minimum atomic E-state index is -4.15. The number of aryl methyl sites for hydroxylation is 1. The minimum Gasteiger partial charge on any atom is -0.350 e. The van der Waals surface area contributed by atoms with E-state index >= 15 is 0 Å². The second-order valence-corrected chi connectivity index (χ2v) is 14.4. The predicted octanol–water partition coefficient (Wildman–Crippen LogP) is 6.95. The highest BCUT2D eigenvalue weighted by atomic mass is 35.5. The lowest BCUT2D eigenvalue weighted by Gasteiger charge is -2.33. The third-order valence-electron chi connectivity index (χ3n) is 6.76. The normalized spacial score (nSPS) is 12.6. The number of sulfonamides is 1. The molecule has 1 atom stereocenters. The van der Waals surface area contributed by atoms with Crippen molar-refractivity contribution in [1.29, 1.82) is 0 Å². The van der Waals surface area contributed by atoms with Crippen LogP contribution in [-0.4, -0.2) is 43.3 Å². The Morgan fingerprint density at radius 1 is 0.905 bits per heavy atom. The number of amides is 2. The Morgan fingerprint density at radius 2 is 1.50 bits per heavy atom. The molecule has 7 nitrogen and oxygen atoms in total. The number of nitrogens with one attached hydrogen (secondary N) is 1. The summed E-state index contributed by atoms with van der Waals surface area (Å²) in [7, 11) is -4.15. The van der Waals surface area contributed by atoms with Gasteiger partial charge in [0.05, 0.1) is 10.6 Å². The van der Waals surface area contributed by atoms with Crippen molar-refractivity contribution in [2.75, 3.05) is 10.8 Å². The lowest BCUT2D eigenvalue weighted by Crippen LogP contribution is -2.54. The molecule has 10 heteroatoms. The number of anilines is 1. The fourth-order valence-corrected chi connectivity index (χ4v) is 6.16. The van der Waals surface area contributed by atoms with Gasteiger partial charge in [0.2, 0.25) is 11.8 Å². The first-order chi connectivity index (χ1) is 19.5. The Labute approximate surface area is 259 Å². The molecule has 0 saturated heterocycles. The van der Waals surface area contributed by atoms with Crippen LogP contribution in [0.1, 0.15) is 64.2 Å². The van der Waals surface area contributed by atoms with Gasteiger partial charge >= 0.3 is 0 Å². The largest absolute Gasteiger partial charge is 0.350 e. The van der Waals surface area contributed by atoms with Crippen molar-refractivity contribution in [2.45, 2.75) is 77.4 Å². The van der Waals surface area contributed by atoms with Gasteiger partial charge in [0, 0.05) is 22.1 Å². The molecule has 0 heterocycles. The van der Waals surface area contributed by atoms with Crippen LogP contribution in [0, 0.1) is 6.92 Å². The molecule has 1 N–H and O–H groups in total. The molecule has 0 unspecified atom stereocenters. The van der Waals surface area contributed by atoms with Crippen molar-refractivity contribution < 1.29 is 18.0 Å². The molecule has 0 aromatic heterocycles. The standard InChI is InChI=1S/C32H39Cl2N3O4S/c1-21(2)24-11-14-27(15-12-24)37(42(40,41)28-16-8-22(3)9-17-28)20-30(38)36(23(4)31(39)35-32(5,6)7)19-25-10-13-26(33)18-29(25)34/h8-18,21,23H,19-20H2,1-7H3,(H,35,39)/t23-/m0/s1. The summed E-state index contributed by atoms with van der Waals surface area (Å²) in [6.45, 7) is 12.5. The average molecular weight is 633 g/mol. The Balaban J connectivity index is 2.08. The molecule has 3 aromatic rings. The zero-order chi connectivity index (χ0) is 31.4. The fraction of sp³-hybridized carbons (Fsp3) is 0.375. The zero-order valence-corrected chi connectivity index (χ0v) is 27.4. The zero-order valence-electron chi connectivity index (χ0n) is 25.1.